The first-order valence-electron chi connectivity index (χ1n) is 10.3. The van der Waals surface area contributed by atoms with Crippen LogP contribution in [0.2, 0.25) is 0 Å². The van der Waals surface area contributed by atoms with Crippen molar-refractivity contribution in [3.63, 3.8) is 0 Å². The van der Waals surface area contributed by atoms with Crippen molar-refractivity contribution in [1.29, 1.82) is 0 Å². The van der Waals surface area contributed by atoms with Gasteiger partial charge in [0.1, 0.15) is 5.60 Å². The number of likely N-dealkylation sites (tertiary alicyclic amines) is 1. The van der Waals surface area contributed by atoms with Crippen LogP contribution < -0.4 is 10.6 Å². The fraction of sp³-hybridized carbons (Fsp3) is 0.636. The molecule has 0 spiro atoms. The maximum Gasteiger partial charge on any atom is 0.412 e. The number of rotatable bonds is 7. The normalized spacial score (nSPS) is 17.8. The smallest absolute Gasteiger partial charge is 0.412 e. The highest BCUT2D eigenvalue weighted by Crippen LogP contribution is 2.15. The van der Waals surface area contributed by atoms with E-state index in [1.54, 1.807) is 12.1 Å². The Hall–Kier alpha value is -2.08. The van der Waals surface area contributed by atoms with E-state index in [9.17, 15) is 9.59 Å². The van der Waals surface area contributed by atoms with Crippen molar-refractivity contribution >= 4 is 17.7 Å². The molecule has 1 aromatic rings. The van der Waals surface area contributed by atoms with Crippen LogP contribution in [-0.2, 0) is 16.0 Å². The minimum Gasteiger partial charge on any atom is -0.444 e. The number of hydrogen-bond donors (Lipinski definition) is 2. The Labute approximate surface area is 169 Å². The van der Waals surface area contributed by atoms with Crippen LogP contribution in [0.5, 0.6) is 0 Å². The molecule has 2 amide bonds. The Balaban J connectivity index is 1.66. The van der Waals surface area contributed by atoms with Gasteiger partial charge in [-0.25, -0.2) is 4.79 Å². The first kappa shape index (κ1) is 22.2. The Kier molecular flexibility index (Phi) is 8.30. The number of anilines is 1. The van der Waals surface area contributed by atoms with Crippen LogP contribution in [0, 0.1) is 5.92 Å². The van der Waals surface area contributed by atoms with E-state index in [1.807, 2.05) is 32.9 Å². The fourth-order valence-corrected chi connectivity index (χ4v) is 3.40. The van der Waals surface area contributed by atoms with Gasteiger partial charge in [0, 0.05) is 18.8 Å². The zero-order valence-corrected chi connectivity index (χ0v) is 17.7. The summed E-state index contributed by atoms with van der Waals surface area (Å²) < 4.78 is 5.22. The number of amides is 2. The summed E-state index contributed by atoms with van der Waals surface area (Å²) in [5.41, 5.74) is 1.03. The average Bonchev–Trinajstić information content (AvgIpc) is 2.59. The summed E-state index contributed by atoms with van der Waals surface area (Å²) in [5.74, 6) is 0.816. The number of carbonyl (C=O) groups excluding carboxylic acids is 2. The lowest BCUT2D eigenvalue weighted by Crippen LogP contribution is -2.36. The van der Waals surface area contributed by atoms with Crippen LogP contribution in [0.15, 0.2) is 24.3 Å². The molecule has 1 aliphatic heterocycles. The highest BCUT2D eigenvalue weighted by molar-refractivity contribution is 5.85. The van der Waals surface area contributed by atoms with Gasteiger partial charge in [0.05, 0.1) is 6.42 Å². The molecule has 1 fully saturated rings. The molecule has 0 radical (unpaired) electrons. The molecule has 1 heterocycles. The van der Waals surface area contributed by atoms with Gasteiger partial charge in [-0.05, 0) is 76.7 Å². The van der Waals surface area contributed by atoms with Crippen molar-refractivity contribution in [3.05, 3.63) is 29.8 Å². The molecule has 6 heteroatoms. The summed E-state index contributed by atoms with van der Waals surface area (Å²) in [6, 6.07) is 7.26. The molecular formula is C22H35N3O3. The third-order valence-electron chi connectivity index (χ3n) is 4.68. The van der Waals surface area contributed by atoms with E-state index in [4.69, 9.17) is 4.74 Å². The van der Waals surface area contributed by atoms with Crippen molar-refractivity contribution in [2.45, 2.75) is 59.0 Å². The molecule has 1 aliphatic rings. The lowest BCUT2D eigenvalue weighted by Gasteiger charge is -2.30. The van der Waals surface area contributed by atoms with E-state index in [-0.39, 0.29) is 5.91 Å². The van der Waals surface area contributed by atoms with Crippen LogP contribution in [0.4, 0.5) is 10.5 Å². The van der Waals surface area contributed by atoms with E-state index in [1.165, 1.54) is 25.9 Å². The monoisotopic (exact) mass is 389 g/mol. The Bertz CT molecular complexity index is 637. The van der Waals surface area contributed by atoms with Crippen molar-refractivity contribution in [3.8, 4) is 0 Å². The standard InChI is InChI=1S/C22H35N3O3/c1-17-7-5-13-25(16-17)14-6-12-23-20(26)15-18-8-10-19(11-9-18)24-21(27)28-22(2,3)4/h8-11,17H,5-7,12-16H2,1-4H3,(H,23,26)(H,24,27). The highest BCUT2D eigenvalue weighted by Gasteiger charge is 2.17. The van der Waals surface area contributed by atoms with Gasteiger partial charge in [-0.2, -0.15) is 0 Å². The van der Waals surface area contributed by atoms with Crippen molar-refractivity contribution < 1.29 is 14.3 Å². The van der Waals surface area contributed by atoms with Crippen molar-refractivity contribution in [2.24, 2.45) is 5.92 Å². The van der Waals surface area contributed by atoms with Crippen LogP contribution in [-0.4, -0.2) is 48.7 Å². The number of nitrogens with zero attached hydrogens (tertiary/aromatic N) is 1. The average molecular weight is 390 g/mol. The molecule has 0 aromatic heterocycles. The van der Waals surface area contributed by atoms with Crippen molar-refractivity contribution in [2.75, 3.05) is 31.5 Å². The molecule has 0 saturated carbocycles. The minimum atomic E-state index is -0.533. The summed E-state index contributed by atoms with van der Waals surface area (Å²) in [6.45, 7) is 11.9. The summed E-state index contributed by atoms with van der Waals surface area (Å²) in [4.78, 5) is 26.4. The van der Waals surface area contributed by atoms with Crippen LogP contribution >= 0.6 is 0 Å². The number of hydrogen-bond acceptors (Lipinski definition) is 4. The first-order chi connectivity index (χ1) is 13.2. The molecule has 6 nitrogen and oxygen atoms in total. The molecule has 1 saturated heterocycles. The topological polar surface area (TPSA) is 70.7 Å². The second-order valence-electron chi connectivity index (χ2n) is 8.75. The van der Waals surface area contributed by atoms with Crippen LogP contribution in [0.25, 0.3) is 0 Å². The SMILES string of the molecule is CC1CCCN(CCCNC(=O)Cc2ccc(NC(=O)OC(C)(C)C)cc2)C1. The number of piperidine rings is 1. The lowest BCUT2D eigenvalue weighted by atomic mass is 10.0. The second kappa shape index (κ2) is 10.5. The Morgan fingerprint density at radius 1 is 1.21 bits per heavy atom. The molecule has 0 aliphatic carbocycles. The molecule has 1 atom stereocenters. The predicted molar refractivity (Wildman–Crippen MR) is 112 cm³/mol. The van der Waals surface area contributed by atoms with Gasteiger partial charge in [0.15, 0.2) is 0 Å². The second-order valence-corrected chi connectivity index (χ2v) is 8.75. The Morgan fingerprint density at radius 2 is 1.93 bits per heavy atom. The van der Waals surface area contributed by atoms with Gasteiger partial charge < -0.3 is 15.0 Å². The van der Waals surface area contributed by atoms with Crippen molar-refractivity contribution in [1.82, 2.24) is 10.2 Å². The number of benzene rings is 1. The van der Waals surface area contributed by atoms with Crippen LogP contribution in [0.3, 0.4) is 0 Å². The predicted octanol–water partition coefficient (Wildman–Crippen LogP) is 3.81. The maximum atomic E-state index is 12.1. The van der Waals surface area contributed by atoms with Gasteiger partial charge in [-0.3, -0.25) is 10.1 Å². The molecule has 0 bridgehead atoms. The van der Waals surface area contributed by atoms with Gasteiger partial charge in [0.2, 0.25) is 5.91 Å². The molecule has 1 unspecified atom stereocenters. The quantitative estimate of drug-likeness (QED) is 0.696. The summed E-state index contributed by atoms with van der Waals surface area (Å²) in [6.07, 6.45) is 3.46. The van der Waals surface area contributed by atoms with E-state index in [0.717, 1.165) is 24.4 Å². The molecular weight excluding hydrogens is 354 g/mol. The van der Waals surface area contributed by atoms with Gasteiger partial charge in [-0.15, -0.1) is 0 Å². The fourth-order valence-electron chi connectivity index (χ4n) is 3.40. The summed E-state index contributed by atoms with van der Waals surface area (Å²) >= 11 is 0. The molecule has 2 N–H and O–H groups in total. The van der Waals surface area contributed by atoms with Crippen LogP contribution in [0.1, 0.15) is 52.5 Å². The molecule has 2 rings (SSSR count). The third-order valence-corrected chi connectivity index (χ3v) is 4.68. The van der Waals surface area contributed by atoms with Gasteiger partial charge >= 0.3 is 6.09 Å². The maximum absolute atomic E-state index is 12.1. The van der Waals surface area contributed by atoms with Gasteiger partial charge in [0.25, 0.3) is 0 Å². The first-order valence-corrected chi connectivity index (χ1v) is 10.3. The summed E-state index contributed by atoms with van der Waals surface area (Å²) in [5, 5.41) is 5.69. The zero-order chi connectivity index (χ0) is 20.6. The van der Waals surface area contributed by atoms with Gasteiger partial charge in [-0.1, -0.05) is 19.1 Å². The van der Waals surface area contributed by atoms with E-state index in [2.05, 4.69) is 22.5 Å². The summed E-state index contributed by atoms with van der Waals surface area (Å²) in [7, 11) is 0. The number of nitrogens with one attached hydrogen (secondary N) is 2. The molecule has 28 heavy (non-hydrogen) atoms. The lowest BCUT2D eigenvalue weighted by molar-refractivity contribution is -0.120. The van der Waals surface area contributed by atoms with E-state index < -0.39 is 11.7 Å². The minimum absolute atomic E-state index is 0.0277. The van der Waals surface area contributed by atoms with E-state index >= 15 is 0 Å². The zero-order valence-electron chi connectivity index (χ0n) is 17.7. The molecule has 156 valence electrons. The number of carbonyl (C=O) groups is 2. The Morgan fingerprint density at radius 3 is 2.57 bits per heavy atom. The van der Waals surface area contributed by atoms with E-state index in [0.29, 0.717) is 18.7 Å². The highest BCUT2D eigenvalue weighted by atomic mass is 16.6. The largest absolute Gasteiger partial charge is 0.444 e. The number of ether oxygens (including phenoxy) is 1. The third kappa shape index (κ3) is 8.74. The molecule has 1 aromatic carbocycles.